The van der Waals surface area contributed by atoms with E-state index in [4.69, 9.17) is 0 Å². The van der Waals surface area contributed by atoms with Gasteiger partial charge < -0.3 is 16.0 Å². The molecule has 0 radical (unpaired) electrons. The fourth-order valence-corrected chi connectivity index (χ4v) is 3.50. The average molecular weight is 370 g/mol. The normalized spacial score (nSPS) is 18.6. The molecule has 0 saturated heterocycles. The van der Waals surface area contributed by atoms with Crippen LogP contribution in [-0.2, 0) is 0 Å². The van der Waals surface area contributed by atoms with Crippen LogP contribution in [0.15, 0.2) is 35.3 Å². The lowest BCUT2D eigenvalue weighted by Gasteiger charge is -2.35. The third kappa shape index (κ3) is 6.52. The average Bonchev–Trinajstić information content (AvgIpc) is 3.06. The van der Waals surface area contributed by atoms with Crippen molar-refractivity contribution >= 4 is 5.96 Å². The van der Waals surface area contributed by atoms with E-state index in [2.05, 4.69) is 40.0 Å². The van der Waals surface area contributed by atoms with Gasteiger partial charge in [-0.3, -0.25) is 4.99 Å². The highest BCUT2D eigenvalue weighted by Gasteiger charge is 2.35. The molecule has 2 rings (SSSR count). The van der Waals surface area contributed by atoms with E-state index in [9.17, 15) is 13.2 Å². The Morgan fingerprint density at radius 2 is 1.81 bits per heavy atom. The van der Waals surface area contributed by atoms with Gasteiger partial charge in [0.25, 0.3) is 0 Å². The third-order valence-electron chi connectivity index (χ3n) is 4.90. The first-order valence-corrected chi connectivity index (χ1v) is 9.17. The molecule has 1 atom stereocenters. The smallest absolute Gasteiger partial charge is 0.356 e. The largest absolute Gasteiger partial charge is 0.390 e. The standard InChI is InChI=1S/C19H29F3N4/c1-15(16-8-4-3-5-9-16)26-18(10-6-7-11-18)14-25-17(23-2)24-13-12-19(20,21)22/h3-5,8-9,15,26H,6-7,10-14H2,1-2H3,(H2,23,24,25). The van der Waals surface area contributed by atoms with Crippen LogP contribution in [0.1, 0.15) is 50.6 Å². The van der Waals surface area contributed by atoms with Crippen molar-refractivity contribution < 1.29 is 13.2 Å². The predicted molar refractivity (Wildman–Crippen MR) is 99.2 cm³/mol. The lowest BCUT2D eigenvalue weighted by atomic mass is 9.94. The van der Waals surface area contributed by atoms with E-state index in [1.54, 1.807) is 7.05 Å². The molecule has 1 aromatic carbocycles. The van der Waals surface area contributed by atoms with E-state index in [0.29, 0.717) is 12.5 Å². The molecule has 0 aromatic heterocycles. The molecule has 1 aromatic rings. The molecule has 7 heteroatoms. The fourth-order valence-electron chi connectivity index (χ4n) is 3.50. The lowest BCUT2D eigenvalue weighted by Crippen LogP contribution is -2.54. The SMILES string of the molecule is CN=C(NCCC(F)(F)F)NCC1(NC(C)c2ccccc2)CCCC1. The van der Waals surface area contributed by atoms with Crippen LogP contribution in [0.25, 0.3) is 0 Å². The summed E-state index contributed by atoms with van der Waals surface area (Å²) in [6.45, 7) is 2.60. The number of alkyl halides is 3. The Bertz CT molecular complexity index is 566. The van der Waals surface area contributed by atoms with Gasteiger partial charge in [-0.2, -0.15) is 13.2 Å². The monoisotopic (exact) mass is 370 g/mol. The van der Waals surface area contributed by atoms with Gasteiger partial charge in [0, 0.05) is 31.7 Å². The summed E-state index contributed by atoms with van der Waals surface area (Å²) in [5, 5.41) is 9.69. The molecule has 0 aliphatic heterocycles. The number of guanidine groups is 1. The minimum atomic E-state index is -4.16. The molecule has 1 aliphatic rings. The quantitative estimate of drug-likeness (QED) is 0.506. The van der Waals surface area contributed by atoms with Gasteiger partial charge in [0.2, 0.25) is 0 Å². The fraction of sp³-hybridized carbons (Fsp3) is 0.632. The maximum atomic E-state index is 12.3. The van der Waals surface area contributed by atoms with E-state index >= 15 is 0 Å². The number of benzene rings is 1. The van der Waals surface area contributed by atoms with Crippen LogP contribution < -0.4 is 16.0 Å². The molecule has 0 amide bonds. The number of hydrogen-bond donors (Lipinski definition) is 3. The van der Waals surface area contributed by atoms with Gasteiger partial charge in [-0.05, 0) is 25.3 Å². The Morgan fingerprint density at radius 3 is 2.38 bits per heavy atom. The van der Waals surface area contributed by atoms with Crippen molar-refractivity contribution in [1.82, 2.24) is 16.0 Å². The highest BCUT2D eigenvalue weighted by molar-refractivity contribution is 5.79. The van der Waals surface area contributed by atoms with Crippen LogP contribution in [0.3, 0.4) is 0 Å². The lowest BCUT2D eigenvalue weighted by molar-refractivity contribution is -0.132. The topological polar surface area (TPSA) is 48.5 Å². The maximum Gasteiger partial charge on any atom is 0.390 e. The van der Waals surface area contributed by atoms with Crippen LogP contribution >= 0.6 is 0 Å². The molecule has 1 unspecified atom stereocenters. The van der Waals surface area contributed by atoms with E-state index in [-0.39, 0.29) is 18.1 Å². The highest BCUT2D eigenvalue weighted by atomic mass is 19.4. The van der Waals surface area contributed by atoms with Crippen LogP contribution in [0, 0.1) is 0 Å². The first-order chi connectivity index (χ1) is 12.3. The molecule has 1 fully saturated rings. The summed E-state index contributed by atoms with van der Waals surface area (Å²) < 4.78 is 36.9. The minimum absolute atomic E-state index is 0.0725. The summed E-state index contributed by atoms with van der Waals surface area (Å²) in [6.07, 6.45) is -0.659. The molecule has 146 valence electrons. The van der Waals surface area contributed by atoms with Gasteiger partial charge in [-0.15, -0.1) is 0 Å². The second kappa shape index (κ2) is 9.26. The summed E-state index contributed by atoms with van der Waals surface area (Å²) in [5.41, 5.74) is 1.16. The first-order valence-electron chi connectivity index (χ1n) is 9.17. The van der Waals surface area contributed by atoms with Crippen molar-refractivity contribution in [2.75, 3.05) is 20.1 Å². The second-order valence-corrected chi connectivity index (χ2v) is 6.98. The van der Waals surface area contributed by atoms with Crippen LogP contribution in [0.5, 0.6) is 0 Å². The van der Waals surface area contributed by atoms with Crippen molar-refractivity contribution in [2.24, 2.45) is 4.99 Å². The maximum absolute atomic E-state index is 12.3. The zero-order valence-corrected chi connectivity index (χ0v) is 15.5. The summed E-state index contributed by atoms with van der Waals surface area (Å²) in [4.78, 5) is 4.04. The Labute approximate surface area is 153 Å². The van der Waals surface area contributed by atoms with E-state index in [1.165, 1.54) is 5.56 Å². The number of nitrogens with zero attached hydrogens (tertiary/aromatic N) is 1. The number of halogens is 3. The van der Waals surface area contributed by atoms with Gasteiger partial charge >= 0.3 is 6.18 Å². The van der Waals surface area contributed by atoms with E-state index in [0.717, 1.165) is 25.7 Å². The van der Waals surface area contributed by atoms with Crippen LogP contribution in [0.4, 0.5) is 13.2 Å². The van der Waals surface area contributed by atoms with Crippen molar-refractivity contribution in [3.8, 4) is 0 Å². The van der Waals surface area contributed by atoms with Crippen LogP contribution in [-0.4, -0.2) is 37.8 Å². The zero-order valence-electron chi connectivity index (χ0n) is 15.5. The highest BCUT2D eigenvalue weighted by Crippen LogP contribution is 2.31. The van der Waals surface area contributed by atoms with E-state index in [1.807, 2.05) is 18.2 Å². The molecule has 0 bridgehead atoms. The van der Waals surface area contributed by atoms with Gasteiger partial charge in [0.15, 0.2) is 5.96 Å². The number of nitrogens with one attached hydrogen (secondary N) is 3. The van der Waals surface area contributed by atoms with Crippen LogP contribution in [0.2, 0.25) is 0 Å². The molecule has 1 aliphatic carbocycles. The Hall–Kier alpha value is -1.76. The van der Waals surface area contributed by atoms with Gasteiger partial charge in [0.1, 0.15) is 0 Å². The summed E-state index contributed by atoms with van der Waals surface area (Å²) >= 11 is 0. The second-order valence-electron chi connectivity index (χ2n) is 6.98. The van der Waals surface area contributed by atoms with Gasteiger partial charge in [-0.1, -0.05) is 43.2 Å². The minimum Gasteiger partial charge on any atom is -0.356 e. The van der Waals surface area contributed by atoms with Crippen molar-refractivity contribution in [3.05, 3.63) is 35.9 Å². The van der Waals surface area contributed by atoms with Crippen molar-refractivity contribution in [1.29, 1.82) is 0 Å². The summed E-state index contributed by atoms with van der Waals surface area (Å²) in [5.74, 6) is 0.412. The van der Waals surface area contributed by atoms with Crippen molar-refractivity contribution in [3.63, 3.8) is 0 Å². The molecular formula is C19H29F3N4. The van der Waals surface area contributed by atoms with Gasteiger partial charge in [0.05, 0.1) is 6.42 Å². The molecule has 0 spiro atoms. The number of rotatable bonds is 7. The Balaban J connectivity index is 1.90. The molecule has 3 N–H and O–H groups in total. The number of hydrogen-bond acceptors (Lipinski definition) is 2. The van der Waals surface area contributed by atoms with Gasteiger partial charge in [-0.25, -0.2) is 0 Å². The predicted octanol–water partition coefficient (Wildman–Crippen LogP) is 3.77. The molecular weight excluding hydrogens is 341 g/mol. The zero-order chi connectivity index (χ0) is 19.0. The number of aliphatic imine (C=N–C) groups is 1. The molecule has 26 heavy (non-hydrogen) atoms. The molecule has 1 saturated carbocycles. The van der Waals surface area contributed by atoms with E-state index < -0.39 is 12.6 Å². The summed E-state index contributed by atoms with van der Waals surface area (Å²) in [6, 6.07) is 10.5. The molecule has 0 heterocycles. The Kier molecular flexibility index (Phi) is 7.32. The summed E-state index contributed by atoms with van der Waals surface area (Å²) in [7, 11) is 1.57. The van der Waals surface area contributed by atoms with Crippen molar-refractivity contribution in [2.45, 2.75) is 56.8 Å². The third-order valence-corrected chi connectivity index (χ3v) is 4.90. The molecule has 4 nitrogen and oxygen atoms in total. The first kappa shape index (κ1) is 20.6. The Morgan fingerprint density at radius 1 is 1.15 bits per heavy atom.